The van der Waals surface area contributed by atoms with Gasteiger partial charge in [0.05, 0.1) is 6.54 Å². The Balaban J connectivity index is 1.71. The van der Waals surface area contributed by atoms with Crippen molar-refractivity contribution in [3.63, 3.8) is 0 Å². The van der Waals surface area contributed by atoms with Gasteiger partial charge >= 0.3 is 0 Å². The highest BCUT2D eigenvalue weighted by Crippen LogP contribution is 2.15. The van der Waals surface area contributed by atoms with E-state index in [0.29, 0.717) is 19.0 Å². The average Bonchev–Trinajstić information content (AvgIpc) is 2.47. The van der Waals surface area contributed by atoms with Gasteiger partial charge in [-0.05, 0) is 44.5 Å². The second-order valence-electron chi connectivity index (χ2n) is 5.56. The lowest BCUT2D eigenvalue weighted by atomic mass is 9.98. The molecule has 0 radical (unpaired) electrons. The highest BCUT2D eigenvalue weighted by Gasteiger charge is 2.20. The first kappa shape index (κ1) is 15.0. The average molecular weight is 275 g/mol. The molecule has 0 bridgehead atoms. The molecule has 1 fully saturated rings. The molecule has 1 aromatic rings. The van der Waals surface area contributed by atoms with Gasteiger partial charge in [-0.2, -0.15) is 0 Å². The third kappa shape index (κ3) is 4.94. The summed E-state index contributed by atoms with van der Waals surface area (Å²) in [5, 5.41) is 6.23. The summed E-state index contributed by atoms with van der Waals surface area (Å²) in [4.78, 5) is 14.3. The van der Waals surface area contributed by atoms with Gasteiger partial charge in [-0.25, -0.2) is 0 Å². The fourth-order valence-corrected chi connectivity index (χ4v) is 2.81. The van der Waals surface area contributed by atoms with Crippen molar-refractivity contribution in [3.05, 3.63) is 35.9 Å². The van der Waals surface area contributed by atoms with Crippen molar-refractivity contribution in [2.45, 2.75) is 19.4 Å². The van der Waals surface area contributed by atoms with Crippen LogP contribution in [0.1, 0.15) is 18.4 Å². The molecule has 1 aliphatic heterocycles. The number of hydrogen-bond donors (Lipinski definition) is 2. The number of nitrogens with one attached hydrogen (secondary N) is 2. The second-order valence-corrected chi connectivity index (χ2v) is 5.56. The van der Waals surface area contributed by atoms with Gasteiger partial charge in [0.1, 0.15) is 0 Å². The van der Waals surface area contributed by atoms with Crippen LogP contribution < -0.4 is 10.6 Å². The van der Waals surface area contributed by atoms with Crippen LogP contribution in [0.3, 0.4) is 0 Å². The highest BCUT2D eigenvalue weighted by molar-refractivity contribution is 5.78. The molecule has 1 aliphatic rings. The van der Waals surface area contributed by atoms with E-state index < -0.39 is 0 Å². The standard InChI is InChI=1S/C16H25N3O/c1-17-10-15-8-5-9-19(12-15)13-16(20)18-11-14-6-3-2-4-7-14/h2-4,6-7,15,17H,5,8-13H2,1H3,(H,18,20). The van der Waals surface area contributed by atoms with E-state index in [9.17, 15) is 4.79 Å². The number of amides is 1. The molecule has 0 aliphatic carbocycles. The summed E-state index contributed by atoms with van der Waals surface area (Å²) < 4.78 is 0. The van der Waals surface area contributed by atoms with Crippen LogP contribution in [0.15, 0.2) is 30.3 Å². The van der Waals surface area contributed by atoms with Crippen LogP contribution in [0, 0.1) is 5.92 Å². The van der Waals surface area contributed by atoms with Gasteiger partial charge in [0, 0.05) is 13.1 Å². The van der Waals surface area contributed by atoms with Gasteiger partial charge in [-0.15, -0.1) is 0 Å². The third-order valence-corrected chi connectivity index (χ3v) is 3.80. The minimum atomic E-state index is 0.124. The van der Waals surface area contributed by atoms with E-state index in [1.165, 1.54) is 12.8 Å². The molecule has 1 unspecified atom stereocenters. The van der Waals surface area contributed by atoms with E-state index in [-0.39, 0.29) is 5.91 Å². The second kappa shape index (κ2) is 8.02. The Bertz CT molecular complexity index is 405. The lowest BCUT2D eigenvalue weighted by molar-refractivity contribution is -0.122. The van der Waals surface area contributed by atoms with E-state index in [1.54, 1.807) is 0 Å². The van der Waals surface area contributed by atoms with Gasteiger partial charge in [-0.3, -0.25) is 9.69 Å². The molecule has 2 rings (SSSR count). The fourth-order valence-electron chi connectivity index (χ4n) is 2.81. The first-order chi connectivity index (χ1) is 9.78. The summed E-state index contributed by atoms with van der Waals surface area (Å²) in [6, 6.07) is 10.0. The Morgan fingerprint density at radius 3 is 2.90 bits per heavy atom. The maximum absolute atomic E-state index is 12.0. The number of piperidine rings is 1. The molecule has 1 amide bonds. The molecule has 1 atom stereocenters. The zero-order valence-electron chi connectivity index (χ0n) is 12.3. The molecule has 2 N–H and O–H groups in total. The topological polar surface area (TPSA) is 44.4 Å². The first-order valence-corrected chi connectivity index (χ1v) is 7.45. The molecular weight excluding hydrogens is 250 g/mol. The molecular formula is C16H25N3O. The van der Waals surface area contributed by atoms with Crippen LogP contribution in [0.5, 0.6) is 0 Å². The van der Waals surface area contributed by atoms with Crippen LogP contribution in [-0.2, 0) is 11.3 Å². The van der Waals surface area contributed by atoms with E-state index >= 15 is 0 Å². The molecule has 4 heteroatoms. The van der Waals surface area contributed by atoms with E-state index in [1.807, 2.05) is 37.4 Å². The molecule has 0 saturated carbocycles. The number of carbonyl (C=O) groups excluding carboxylic acids is 1. The number of likely N-dealkylation sites (tertiary alicyclic amines) is 1. The largest absolute Gasteiger partial charge is 0.351 e. The van der Waals surface area contributed by atoms with Crippen molar-refractivity contribution in [3.8, 4) is 0 Å². The Morgan fingerprint density at radius 1 is 1.35 bits per heavy atom. The van der Waals surface area contributed by atoms with Crippen molar-refractivity contribution >= 4 is 5.91 Å². The molecule has 0 spiro atoms. The summed E-state index contributed by atoms with van der Waals surface area (Å²) in [7, 11) is 1.99. The first-order valence-electron chi connectivity index (χ1n) is 7.45. The normalized spacial score (nSPS) is 19.8. The summed E-state index contributed by atoms with van der Waals surface area (Å²) in [6.45, 7) is 4.25. The molecule has 20 heavy (non-hydrogen) atoms. The monoisotopic (exact) mass is 275 g/mol. The molecule has 1 heterocycles. The smallest absolute Gasteiger partial charge is 0.234 e. The fraction of sp³-hybridized carbons (Fsp3) is 0.562. The maximum Gasteiger partial charge on any atom is 0.234 e. The van der Waals surface area contributed by atoms with Crippen molar-refractivity contribution in [2.24, 2.45) is 5.92 Å². The van der Waals surface area contributed by atoms with Gasteiger partial charge in [-0.1, -0.05) is 30.3 Å². The molecule has 1 saturated heterocycles. The van der Waals surface area contributed by atoms with Gasteiger partial charge in [0.15, 0.2) is 0 Å². The summed E-state index contributed by atoms with van der Waals surface area (Å²) in [5.74, 6) is 0.801. The Kier molecular flexibility index (Phi) is 6.02. The van der Waals surface area contributed by atoms with Gasteiger partial charge in [0.25, 0.3) is 0 Å². The van der Waals surface area contributed by atoms with E-state index in [2.05, 4.69) is 15.5 Å². The van der Waals surface area contributed by atoms with Crippen LogP contribution in [0.4, 0.5) is 0 Å². The highest BCUT2D eigenvalue weighted by atomic mass is 16.2. The number of rotatable bonds is 6. The molecule has 0 aromatic heterocycles. The Hall–Kier alpha value is -1.39. The summed E-state index contributed by atoms with van der Waals surface area (Å²) in [5.41, 5.74) is 1.15. The SMILES string of the molecule is CNCC1CCCN(CC(=O)NCc2ccccc2)C1. The van der Waals surface area contributed by atoms with Gasteiger partial charge in [0.2, 0.25) is 5.91 Å². The van der Waals surface area contributed by atoms with Crippen molar-refractivity contribution in [2.75, 3.05) is 33.2 Å². The lowest BCUT2D eigenvalue weighted by Crippen LogP contribution is -2.44. The molecule has 110 valence electrons. The van der Waals surface area contributed by atoms with Crippen LogP contribution in [0.25, 0.3) is 0 Å². The number of nitrogens with zero attached hydrogens (tertiary/aromatic N) is 1. The molecule has 1 aromatic carbocycles. The number of carbonyl (C=O) groups is 1. The zero-order valence-corrected chi connectivity index (χ0v) is 12.3. The summed E-state index contributed by atoms with van der Waals surface area (Å²) >= 11 is 0. The van der Waals surface area contributed by atoms with Gasteiger partial charge < -0.3 is 10.6 Å². The molecule has 4 nitrogen and oxygen atoms in total. The van der Waals surface area contributed by atoms with E-state index in [0.717, 1.165) is 25.2 Å². The quantitative estimate of drug-likeness (QED) is 0.821. The number of benzene rings is 1. The van der Waals surface area contributed by atoms with Crippen molar-refractivity contribution < 1.29 is 4.79 Å². The van der Waals surface area contributed by atoms with Crippen LogP contribution in [0.2, 0.25) is 0 Å². The van der Waals surface area contributed by atoms with Crippen molar-refractivity contribution in [1.29, 1.82) is 0 Å². The minimum Gasteiger partial charge on any atom is -0.351 e. The lowest BCUT2D eigenvalue weighted by Gasteiger charge is -2.32. The minimum absolute atomic E-state index is 0.124. The number of hydrogen-bond acceptors (Lipinski definition) is 3. The predicted octanol–water partition coefficient (Wildman–Crippen LogP) is 1.23. The Labute approximate surface area is 121 Å². The van der Waals surface area contributed by atoms with E-state index in [4.69, 9.17) is 0 Å². The van der Waals surface area contributed by atoms with Crippen molar-refractivity contribution in [1.82, 2.24) is 15.5 Å². The zero-order chi connectivity index (χ0) is 14.2. The predicted molar refractivity (Wildman–Crippen MR) is 81.4 cm³/mol. The Morgan fingerprint density at radius 2 is 2.15 bits per heavy atom. The summed E-state index contributed by atoms with van der Waals surface area (Å²) in [6.07, 6.45) is 2.46. The third-order valence-electron chi connectivity index (χ3n) is 3.80. The van der Waals surface area contributed by atoms with Crippen LogP contribution in [-0.4, -0.2) is 44.0 Å². The van der Waals surface area contributed by atoms with Crippen LogP contribution >= 0.6 is 0 Å². The maximum atomic E-state index is 12.0.